The molecule has 0 aliphatic carbocycles. The van der Waals surface area contributed by atoms with Crippen LogP contribution in [0, 0.1) is 0 Å². The zero-order chi connectivity index (χ0) is 8.08. The first-order chi connectivity index (χ1) is 3.73. The van der Waals surface area contributed by atoms with Crippen molar-refractivity contribution >= 4 is 10.4 Å². The van der Waals surface area contributed by atoms with Gasteiger partial charge in [0.2, 0.25) is 0 Å². The summed E-state index contributed by atoms with van der Waals surface area (Å²) in [6.45, 7) is 3.22. The Hall–Kier alpha value is -0.370. The number of quaternary nitrogens is 3. The van der Waals surface area contributed by atoms with Gasteiger partial charge in [0.05, 0.1) is 0 Å². The molecule has 0 amide bonds. The molecule has 16 N–H and O–H groups in total. The van der Waals surface area contributed by atoms with Crippen LogP contribution in [0.2, 0.25) is 0 Å². The van der Waals surface area contributed by atoms with Gasteiger partial charge in [0.25, 0.3) is 0 Å². The van der Waals surface area contributed by atoms with Crippen LogP contribution in [0.15, 0.2) is 0 Å². The fraction of sp³-hybridized carbons (Fsp3) is 1.00. The molecule has 0 bridgehead atoms. The molecular weight excluding hydrogens is 222 g/mol. The maximum Gasteiger partial charge on any atom is 0.0311 e. The Labute approximate surface area is 83.3 Å². The number of hydrogen-bond donors (Lipinski definition) is 3. The Kier molecular flexibility index (Phi) is 81.0. The van der Waals surface area contributed by atoms with Crippen molar-refractivity contribution in [3.8, 4) is 0 Å². The average molecular weight is 245 g/mol. The zero-order valence-electron chi connectivity index (χ0n) is 9.03. The minimum absolute atomic E-state index is 0. The summed E-state index contributed by atoms with van der Waals surface area (Å²) in [6.07, 6.45) is -0.417. The van der Waals surface area contributed by atoms with E-state index in [9.17, 15) is 5.11 Å². The largest absolute Gasteiger partial charge is 0.852 e. The van der Waals surface area contributed by atoms with Crippen LogP contribution in [0.5, 0.6) is 0 Å². The molecule has 0 saturated heterocycles. The Morgan fingerprint density at radius 1 is 0.929 bits per heavy atom. The van der Waals surface area contributed by atoms with E-state index in [-0.39, 0.29) is 29.4 Å². The van der Waals surface area contributed by atoms with Crippen LogP contribution >= 0.6 is 0 Å². The van der Waals surface area contributed by atoms with Crippen molar-refractivity contribution in [2.45, 2.75) is 20.0 Å². The van der Waals surface area contributed by atoms with Gasteiger partial charge in [-0.25, -0.2) is 0 Å². The van der Waals surface area contributed by atoms with Gasteiger partial charge in [0.1, 0.15) is 0 Å². The molecule has 0 heterocycles. The topological polar surface area (TPSA) is 276 Å². The van der Waals surface area contributed by atoms with Gasteiger partial charge in [0.15, 0.2) is 0 Å². The SMILES string of the molecule is CC(C)[O-].O.O.O=S(=O)([O-])[O-].[NH4+].[NH4+].[NH4+]. The van der Waals surface area contributed by atoms with E-state index in [4.69, 9.17) is 17.5 Å². The van der Waals surface area contributed by atoms with Crippen LogP contribution in [0.4, 0.5) is 0 Å². The molecule has 98 valence electrons. The predicted molar refractivity (Wildman–Crippen MR) is 50.8 cm³/mol. The van der Waals surface area contributed by atoms with E-state index in [1.54, 1.807) is 13.8 Å². The molecule has 10 nitrogen and oxygen atoms in total. The molecule has 0 aromatic carbocycles. The molecule has 0 aliphatic heterocycles. The maximum absolute atomic E-state index is 9.53. The summed E-state index contributed by atoms with van der Waals surface area (Å²) in [7, 11) is -5.17. The zero-order valence-corrected chi connectivity index (χ0v) is 9.84. The smallest absolute Gasteiger partial charge is 0.0311 e. The Morgan fingerprint density at radius 3 is 0.929 bits per heavy atom. The minimum Gasteiger partial charge on any atom is -0.852 e. The molecule has 0 spiro atoms. The van der Waals surface area contributed by atoms with E-state index in [0.29, 0.717) is 0 Å². The summed E-state index contributed by atoms with van der Waals surface area (Å²) >= 11 is 0. The second-order valence-electron chi connectivity index (χ2n) is 1.46. The third kappa shape index (κ3) is 9600. The number of hydrogen-bond acceptors (Lipinski definition) is 5. The van der Waals surface area contributed by atoms with Crippen LogP contribution in [-0.4, -0.2) is 34.6 Å². The first-order valence-electron chi connectivity index (χ1n) is 2.06. The number of rotatable bonds is 0. The monoisotopic (exact) mass is 245 g/mol. The lowest BCUT2D eigenvalue weighted by atomic mass is 10.5. The predicted octanol–water partition coefficient (Wildman–Crippen LogP) is -2.10. The van der Waals surface area contributed by atoms with Crippen molar-refractivity contribution in [3.05, 3.63) is 0 Å². The van der Waals surface area contributed by atoms with E-state index >= 15 is 0 Å². The first-order valence-corrected chi connectivity index (χ1v) is 3.39. The van der Waals surface area contributed by atoms with Crippen molar-refractivity contribution < 1.29 is 33.6 Å². The van der Waals surface area contributed by atoms with Gasteiger partial charge < -0.3 is 43.6 Å². The highest BCUT2D eigenvalue weighted by molar-refractivity contribution is 7.79. The Morgan fingerprint density at radius 2 is 0.929 bits per heavy atom. The molecule has 0 aromatic rings. The molecule has 0 aromatic heterocycles. The molecule has 14 heavy (non-hydrogen) atoms. The molecule has 0 fully saturated rings. The highest BCUT2D eigenvalue weighted by atomic mass is 32.3. The van der Waals surface area contributed by atoms with Gasteiger partial charge in [0, 0.05) is 10.4 Å². The Bertz CT molecular complexity index is 136. The van der Waals surface area contributed by atoms with Crippen LogP contribution in [0.25, 0.3) is 0 Å². The lowest BCUT2D eigenvalue weighted by Gasteiger charge is -2.06. The van der Waals surface area contributed by atoms with Crippen molar-refractivity contribution in [2.75, 3.05) is 0 Å². The van der Waals surface area contributed by atoms with E-state index in [1.807, 2.05) is 0 Å². The fourth-order valence-electron chi connectivity index (χ4n) is 0. The fourth-order valence-corrected chi connectivity index (χ4v) is 0. The molecule has 0 rings (SSSR count). The normalized spacial score (nSPS) is 6.71. The van der Waals surface area contributed by atoms with E-state index in [1.165, 1.54) is 0 Å². The average Bonchev–Trinajstić information content (AvgIpc) is 1.19. The van der Waals surface area contributed by atoms with E-state index < -0.39 is 16.5 Å². The molecule has 11 heteroatoms. The van der Waals surface area contributed by atoms with Gasteiger partial charge in [-0.1, -0.05) is 13.8 Å². The van der Waals surface area contributed by atoms with Crippen LogP contribution in [0.3, 0.4) is 0 Å². The van der Waals surface area contributed by atoms with Crippen molar-refractivity contribution in [3.63, 3.8) is 0 Å². The van der Waals surface area contributed by atoms with E-state index in [0.717, 1.165) is 0 Å². The highest BCUT2D eigenvalue weighted by Crippen LogP contribution is 1.57. The molecule has 0 saturated carbocycles. The van der Waals surface area contributed by atoms with Gasteiger partial charge >= 0.3 is 0 Å². The molecular formula is C3H23N3O7S. The third-order valence-corrected chi connectivity index (χ3v) is 0. The molecule has 0 atom stereocenters. The summed E-state index contributed by atoms with van der Waals surface area (Å²) in [5, 5.41) is 9.53. The first kappa shape index (κ1) is 49.5. The van der Waals surface area contributed by atoms with Gasteiger partial charge in [-0.05, 0) is 0 Å². The second-order valence-corrected chi connectivity index (χ2v) is 2.27. The molecule has 0 unspecified atom stereocenters. The van der Waals surface area contributed by atoms with Crippen molar-refractivity contribution in [2.24, 2.45) is 0 Å². The summed E-state index contributed by atoms with van der Waals surface area (Å²) in [5.41, 5.74) is 0. The van der Waals surface area contributed by atoms with Gasteiger partial charge in [-0.2, -0.15) is 0 Å². The van der Waals surface area contributed by atoms with Gasteiger partial charge in [-0.15, -0.1) is 6.10 Å². The quantitative estimate of drug-likeness (QED) is 0.318. The lowest BCUT2D eigenvalue weighted by molar-refractivity contribution is -0.407. The highest BCUT2D eigenvalue weighted by Gasteiger charge is 1.53. The summed E-state index contributed by atoms with van der Waals surface area (Å²) < 4.78 is 34.1. The minimum atomic E-state index is -5.17. The van der Waals surface area contributed by atoms with Crippen LogP contribution < -0.4 is 23.6 Å². The molecule has 0 aliphatic rings. The second kappa shape index (κ2) is 22.9. The molecule has 0 radical (unpaired) electrons. The standard InChI is InChI=1S/C3H7O.3H3N.H2O4S.2H2O/c1-3(2)4;;;;1-5(2,3)4;;/h3H,1-2H3;3*1H3;(H2,1,2,3,4);2*1H2/q-1;;;;;;/p+1. The van der Waals surface area contributed by atoms with E-state index in [2.05, 4.69) is 0 Å². The summed E-state index contributed by atoms with van der Waals surface area (Å²) in [6, 6.07) is 0. The van der Waals surface area contributed by atoms with Crippen LogP contribution in [-0.2, 0) is 10.4 Å². The third-order valence-electron chi connectivity index (χ3n) is 0. The lowest BCUT2D eigenvalue weighted by Crippen LogP contribution is -2.14. The van der Waals surface area contributed by atoms with Crippen molar-refractivity contribution in [1.82, 2.24) is 18.5 Å². The van der Waals surface area contributed by atoms with Gasteiger partial charge in [-0.3, -0.25) is 8.42 Å². The summed E-state index contributed by atoms with van der Waals surface area (Å²) in [4.78, 5) is 0. The Balaban J connectivity index is -0.0000000104. The maximum atomic E-state index is 9.53. The van der Waals surface area contributed by atoms with Crippen molar-refractivity contribution in [1.29, 1.82) is 0 Å². The van der Waals surface area contributed by atoms with Crippen LogP contribution in [0.1, 0.15) is 13.8 Å². The summed E-state index contributed by atoms with van der Waals surface area (Å²) in [5.74, 6) is 0.